The topological polar surface area (TPSA) is 95.6 Å². The van der Waals surface area contributed by atoms with E-state index in [-0.39, 0.29) is 18.0 Å². The van der Waals surface area contributed by atoms with Crippen molar-refractivity contribution in [1.82, 2.24) is 9.78 Å². The second-order valence-electron chi connectivity index (χ2n) is 6.46. The molecule has 2 aromatic heterocycles. The number of nitrogens with one attached hydrogen (secondary N) is 1. The Morgan fingerprint density at radius 3 is 2.79 bits per heavy atom. The summed E-state index contributed by atoms with van der Waals surface area (Å²) in [4.78, 5) is 24.7. The van der Waals surface area contributed by atoms with E-state index in [0.717, 1.165) is 0 Å². The van der Waals surface area contributed by atoms with Crippen molar-refractivity contribution in [2.24, 2.45) is 5.92 Å². The summed E-state index contributed by atoms with van der Waals surface area (Å²) in [5.74, 6) is 1.10. The average molecular weight is 381 g/mol. The Labute approximate surface area is 160 Å². The zero-order chi connectivity index (χ0) is 19.5. The summed E-state index contributed by atoms with van der Waals surface area (Å²) in [5.41, 5.74) is 0.851. The number of carbonyl (C=O) groups is 1. The van der Waals surface area contributed by atoms with Crippen LogP contribution in [0, 0.1) is 5.92 Å². The number of aromatic nitrogens is 2. The van der Waals surface area contributed by atoms with Gasteiger partial charge in [0, 0.05) is 17.8 Å². The van der Waals surface area contributed by atoms with Crippen LogP contribution in [0.4, 0.5) is 5.69 Å². The van der Waals surface area contributed by atoms with Crippen LogP contribution in [0.2, 0.25) is 0 Å². The molecule has 3 heterocycles. The molecule has 4 rings (SSSR count). The molecule has 1 atom stereocenters. The number of furan rings is 1. The van der Waals surface area contributed by atoms with Gasteiger partial charge >= 0.3 is 0 Å². The van der Waals surface area contributed by atoms with Crippen LogP contribution in [0.5, 0.6) is 11.5 Å². The van der Waals surface area contributed by atoms with Crippen LogP contribution >= 0.6 is 0 Å². The molecule has 0 bridgehead atoms. The predicted molar refractivity (Wildman–Crippen MR) is 101 cm³/mol. The van der Waals surface area contributed by atoms with Crippen molar-refractivity contribution in [2.45, 2.75) is 13.5 Å². The Bertz CT molecular complexity index is 1040. The third kappa shape index (κ3) is 3.75. The molecule has 0 unspecified atom stereocenters. The summed E-state index contributed by atoms with van der Waals surface area (Å²) >= 11 is 0. The largest absolute Gasteiger partial charge is 0.486 e. The smallest absolute Gasteiger partial charge is 0.266 e. The van der Waals surface area contributed by atoms with Crippen molar-refractivity contribution in [1.29, 1.82) is 0 Å². The van der Waals surface area contributed by atoms with Gasteiger partial charge in [0.1, 0.15) is 18.9 Å². The van der Waals surface area contributed by atoms with Crippen LogP contribution in [0.1, 0.15) is 6.92 Å². The zero-order valence-corrected chi connectivity index (χ0v) is 15.3. The minimum atomic E-state index is -0.481. The lowest BCUT2D eigenvalue weighted by Gasteiger charge is -2.19. The van der Waals surface area contributed by atoms with Crippen LogP contribution < -0.4 is 20.3 Å². The Kier molecular flexibility index (Phi) is 4.84. The Balaban J connectivity index is 1.46. The third-order valence-corrected chi connectivity index (χ3v) is 4.34. The number of amides is 1. The fourth-order valence-electron chi connectivity index (χ4n) is 2.86. The molecular weight excluding hydrogens is 362 g/mol. The van der Waals surface area contributed by atoms with Crippen LogP contribution in [0.25, 0.3) is 11.5 Å². The van der Waals surface area contributed by atoms with Gasteiger partial charge in [0.25, 0.3) is 5.56 Å². The molecule has 1 aliphatic heterocycles. The summed E-state index contributed by atoms with van der Waals surface area (Å²) in [5, 5.41) is 7.13. The molecule has 1 aliphatic rings. The van der Waals surface area contributed by atoms with E-state index < -0.39 is 5.92 Å². The molecule has 1 aromatic carbocycles. The Morgan fingerprint density at radius 2 is 2.00 bits per heavy atom. The number of hydrogen-bond acceptors (Lipinski definition) is 6. The lowest BCUT2D eigenvalue weighted by atomic mass is 10.1. The highest BCUT2D eigenvalue weighted by Gasteiger charge is 2.18. The number of anilines is 1. The highest BCUT2D eigenvalue weighted by molar-refractivity contribution is 5.92. The Hall–Kier alpha value is -3.55. The Morgan fingerprint density at radius 1 is 1.18 bits per heavy atom. The standard InChI is InChI=1S/C20H19N3O5/c1-13(12-23-19(24)7-5-15(22-23)16-3-2-8-26-16)20(25)21-14-4-6-17-18(11-14)28-10-9-27-17/h2-8,11,13H,9-10,12H2,1H3,(H,21,25)/t13-/m0/s1. The number of benzene rings is 1. The van der Waals surface area contributed by atoms with Crippen LogP contribution in [-0.2, 0) is 11.3 Å². The number of hydrogen-bond donors (Lipinski definition) is 1. The minimum absolute atomic E-state index is 0.143. The molecule has 8 nitrogen and oxygen atoms in total. The van der Waals surface area contributed by atoms with Crippen molar-refractivity contribution in [2.75, 3.05) is 18.5 Å². The number of rotatable bonds is 5. The van der Waals surface area contributed by atoms with Gasteiger partial charge in [-0.1, -0.05) is 6.92 Å². The van der Waals surface area contributed by atoms with E-state index in [4.69, 9.17) is 13.9 Å². The maximum atomic E-state index is 12.6. The van der Waals surface area contributed by atoms with E-state index in [9.17, 15) is 9.59 Å². The first-order valence-electron chi connectivity index (χ1n) is 8.93. The van der Waals surface area contributed by atoms with Crippen LogP contribution in [0.15, 0.2) is 57.9 Å². The van der Waals surface area contributed by atoms with Crippen molar-refractivity contribution >= 4 is 11.6 Å². The first kappa shape index (κ1) is 17.8. The van der Waals surface area contributed by atoms with Gasteiger partial charge in [-0.3, -0.25) is 9.59 Å². The molecule has 0 radical (unpaired) electrons. The molecule has 0 spiro atoms. The molecular formula is C20H19N3O5. The predicted octanol–water partition coefficient (Wildman–Crippen LogP) is 2.55. The van der Waals surface area contributed by atoms with Crippen LogP contribution in [0.3, 0.4) is 0 Å². The average Bonchev–Trinajstić information content (AvgIpc) is 3.24. The summed E-state index contributed by atoms with van der Waals surface area (Å²) in [6.07, 6.45) is 1.54. The number of fused-ring (bicyclic) bond motifs is 1. The highest BCUT2D eigenvalue weighted by Crippen LogP contribution is 2.32. The van der Waals surface area contributed by atoms with Gasteiger partial charge in [0.05, 0.1) is 18.7 Å². The molecule has 1 N–H and O–H groups in total. The second kappa shape index (κ2) is 7.59. The van der Waals surface area contributed by atoms with Gasteiger partial charge in [-0.25, -0.2) is 4.68 Å². The second-order valence-corrected chi connectivity index (χ2v) is 6.46. The van der Waals surface area contributed by atoms with Crippen molar-refractivity contribution in [3.63, 3.8) is 0 Å². The van der Waals surface area contributed by atoms with Gasteiger partial charge < -0.3 is 19.2 Å². The van der Waals surface area contributed by atoms with E-state index in [1.54, 1.807) is 43.3 Å². The van der Waals surface area contributed by atoms with E-state index in [1.165, 1.54) is 17.0 Å². The van der Waals surface area contributed by atoms with Crippen molar-refractivity contribution in [3.05, 3.63) is 59.1 Å². The summed E-state index contributed by atoms with van der Waals surface area (Å²) in [7, 11) is 0. The van der Waals surface area contributed by atoms with Crippen LogP contribution in [-0.4, -0.2) is 28.9 Å². The summed E-state index contributed by atoms with van der Waals surface area (Å²) < 4.78 is 17.6. The van der Waals surface area contributed by atoms with Crippen molar-refractivity contribution < 1.29 is 18.7 Å². The minimum Gasteiger partial charge on any atom is -0.486 e. The highest BCUT2D eigenvalue weighted by atomic mass is 16.6. The molecule has 8 heteroatoms. The maximum absolute atomic E-state index is 12.6. The molecule has 0 saturated carbocycles. The molecule has 144 valence electrons. The zero-order valence-electron chi connectivity index (χ0n) is 15.3. The van der Waals surface area contributed by atoms with E-state index in [1.807, 2.05) is 0 Å². The van der Waals surface area contributed by atoms with Gasteiger partial charge in [-0.05, 0) is 30.3 Å². The SMILES string of the molecule is C[C@@H](Cn1nc(-c2ccco2)ccc1=O)C(=O)Nc1ccc2c(c1)OCCO2. The molecule has 1 amide bonds. The van der Waals surface area contributed by atoms with E-state index in [2.05, 4.69) is 10.4 Å². The van der Waals surface area contributed by atoms with Gasteiger partial charge in [0.2, 0.25) is 5.91 Å². The number of ether oxygens (including phenoxy) is 2. The normalized spacial score (nSPS) is 13.8. The third-order valence-electron chi connectivity index (χ3n) is 4.34. The van der Waals surface area contributed by atoms with E-state index in [0.29, 0.717) is 41.9 Å². The quantitative estimate of drug-likeness (QED) is 0.730. The van der Waals surface area contributed by atoms with Crippen molar-refractivity contribution in [3.8, 4) is 23.0 Å². The monoisotopic (exact) mass is 381 g/mol. The lowest BCUT2D eigenvalue weighted by molar-refractivity contribution is -0.119. The maximum Gasteiger partial charge on any atom is 0.266 e. The molecule has 0 saturated heterocycles. The molecule has 0 fully saturated rings. The first-order valence-corrected chi connectivity index (χ1v) is 8.93. The van der Waals surface area contributed by atoms with Gasteiger partial charge in [-0.15, -0.1) is 0 Å². The number of carbonyl (C=O) groups excluding carboxylic acids is 1. The molecule has 28 heavy (non-hydrogen) atoms. The fraction of sp³-hybridized carbons (Fsp3) is 0.250. The first-order chi connectivity index (χ1) is 13.6. The molecule has 3 aromatic rings. The van der Waals surface area contributed by atoms with Gasteiger partial charge in [-0.2, -0.15) is 5.10 Å². The lowest BCUT2D eigenvalue weighted by Crippen LogP contribution is -2.31. The van der Waals surface area contributed by atoms with E-state index >= 15 is 0 Å². The fourth-order valence-corrected chi connectivity index (χ4v) is 2.86. The summed E-state index contributed by atoms with van der Waals surface area (Å²) in [6, 6.07) is 11.7. The molecule has 0 aliphatic carbocycles. The van der Waals surface area contributed by atoms with Gasteiger partial charge in [0.15, 0.2) is 17.3 Å². The summed E-state index contributed by atoms with van der Waals surface area (Å²) in [6.45, 7) is 2.86. The number of nitrogens with zero attached hydrogens (tertiary/aromatic N) is 2.